The second-order valence-electron chi connectivity index (χ2n) is 4.37. The summed E-state index contributed by atoms with van der Waals surface area (Å²) in [6, 6.07) is 6.02. The van der Waals surface area contributed by atoms with Gasteiger partial charge >= 0.3 is 0 Å². The average Bonchev–Trinajstić information content (AvgIpc) is 2.69. The van der Waals surface area contributed by atoms with E-state index >= 15 is 0 Å². The van der Waals surface area contributed by atoms with Crippen LogP contribution in [0.15, 0.2) is 41.5 Å². The number of allylic oxidation sites excluding steroid dienone is 4. The van der Waals surface area contributed by atoms with Gasteiger partial charge in [-0.3, -0.25) is 0 Å². The molecule has 0 bridgehead atoms. The molecule has 1 aromatic carbocycles. The lowest BCUT2D eigenvalue weighted by atomic mass is 10.00. The van der Waals surface area contributed by atoms with Gasteiger partial charge in [0, 0.05) is 12.0 Å². The highest BCUT2D eigenvalue weighted by molar-refractivity contribution is 5.48. The molecule has 0 unspecified atom stereocenters. The summed E-state index contributed by atoms with van der Waals surface area (Å²) in [6.45, 7) is 4.28. The molecule has 0 fully saturated rings. The summed E-state index contributed by atoms with van der Waals surface area (Å²) >= 11 is 0. The van der Waals surface area contributed by atoms with Crippen LogP contribution in [-0.2, 0) is 0 Å². The lowest BCUT2D eigenvalue weighted by molar-refractivity contribution is 0.393. The normalized spacial score (nSPS) is 15.5. The molecular weight excluding hydrogens is 212 g/mol. The Balaban J connectivity index is 2.39. The van der Waals surface area contributed by atoms with E-state index in [1.54, 1.807) is 14.2 Å². The molecular formula is C15H18O2. The van der Waals surface area contributed by atoms with E-state index in [4.69, 9.17) is 9.47 Å². The molecule has 1 aromatic rings. The predicted molar refractivity (Wildman–Crippen MR) is 69.8 cm³/mol. The molecule has 0 saturated carbocycles. The van der Waals surface area contributed by atoms with Crippen molar-refractivity contribution in [3.8, 4) is 11.5 Å². The Morgan fingerprint density at radius 2 is 1.29 bits per heavy atom. The van der Waals surface area contributed by atoms with E-state index < -0.39 is 0 Å². The van der Waals surface area contributed by atoms with Crippen LogP contribution in [0.3, 0.4) is 0 Å². The molecule has 0 heterocycles. The topological polar surface area (TPSA) is 18.5 Å². The Bertz CT molecular complexity index is 443. The zero-order valence-electron chi connectivity index (χ0n) is 10.8. The fraction of sp³-hybridized carbons (Fsp3) is 0.333. The van der Waals surface area contributed by atoms with Crippen molar-refractivity contribution in [3.05, 3.63) is 47.1 Å². The SMILES string of the molecule is COc1cc(OC)cc(C2C=C(C)C(C)=C2)c1. The highest BCUT2D eigenvalue weighted by atomic mass is 16.5. The number of rotatable bonds is 3. The summed E-state index contributed by atoms with van der Waals surface area (Å²) in [5.74, 6) is 2.01. The minimum Gasteiger partial charge on any atom is -0.497 e. The lowest BCUT2D eigenvalue weighted by Crippen LogP contribution is -1.94. The Kier molecular flexibility index (Phi) is 3.23. The molecule has 0 amide bonds. The van der Waals surface area contributed by atoms with Gasteiger partial charge in [0.15, 0.2) is 0 Å². The number of hydrogen-bond donors (Lipinski definition) is 0. The number of benzene rings is 1. The molecule has 1 aliphatic carbocycles. The first-order valence-corrected chi connectivity index (χ1v) is 5.74. The third-order valence-corrected chi connectivity index (χ3v) is 3.24. The highest BCUT2D eigenvalue weighted by Gasteiger charge is 2.15. The summed E-state index contributed by atoms with van der Waals surface area (Å²) in [5.41, 5.74) is 3.89. The molecule has 0 saturated heterocycles. The van der Waals surface area contributed by atoms with Gasteiger partial charge in [0.1, 0.15) is 11.5 Å². The third kappa shape index (κ3) is 2.36. The maximum Gasteiger partial charge on any atom is 0.122 e. The second kappa shape index (κ2) is 4.66. The lowest BCUT2D eigenvalue weighted by Gasteiger charge is -2.11. The first-order valence-electron chi connectivity index (χ1n) is 5.74. The molecule has 0 radical (unpaired) electrons. The van der Waals surface area contributed by atoms with Gasteiger partial charge in [0.25, 0.3) is 0 Å². The highest BCUT2D eigenvalue weighted by Crippen LogP contribution is 2.34. The molecule has 0 aromatic heterocycles. The van der Waals surface area contributed by atoms with Crippen molar-refractivity contribution in [2.45, 2.75) is 19.8 Å². The average molecular weight is 230 g/mol. The summed E-state index contributed by atoms with van der Waals surface area (Å²) in [6.07, 6.45) is 4.53. The zero-order valence-corrected chi connectivity index (χ0v) is 10.8. The van der Waals surface area contributed by atoms with E-state index in [1.165, 1.54) is 16.7 Å². The summed E-state index contributed by atoms with van der Waals surface area (Å²) in [7, 11) is 3.35. The molecule has 2 rings (SSSR count). The Morgan fingerprint density at radius 3 is 1.71 bits per heavy atom. The largest absolute Gasteiger partial charge is 0.497 e. The predicted octanol–water partition coefficient (Wildman–Crippen LogP) is 3.69. The van der Waals surface area contributed by atoms with Gasteiger partial charge in [0.2, 0.25) is 0 Å². The molecule has 0 N–H and O–H groups in total. The van der Waals surface area contributed by atoms with Crippen LogP contribution in [0.2, 0.25) is 0 Å². The van der Waals surface area contributed by atoms with E-state index in [0.717, 1.165) is 11.5 Å². The summed E-state index contributed by atoms with van der Waals surface area (Å²) in [5, 5.41) is 0. The standard InChI is InChI=1S/C15H18O2/c1-10-5-12(6-11(10)2)13-7-14(16-3)9-15(8-13)17-4/h5-9,12H,1-4H3. The second-order valence-corrected chi connectivity index (χ2v) is 4.37. The maximum atomic E-state index is 5.29. The van der Waals surface area contributed by atoms with Gasteiger partial charge < -0.3 is 9.47 Å². The maximum absolute atomic E-state index is 5.29. The van der Waals surface area contributed by atoms with Crippen molar-refractivity contribution in [1.29, 1.82) is 0 Å². The smallest absolute Gasteiger partial charge is 0.122 e. The van der Waals surface area contributed by atoms with E-state index in [-0.39, 0.29) is 0 Å². The van der Waals surface area contributed by atoms with Crippen molar-refractivity contribution in [2.75, 3.05) is 14.2 Å². The Labute approximate surface area is 103 Å². The van der Waals surface area contributed by atoms with E-state index in [0.29, 0.717) is 5.92 Å². The van der Waals surface area contributed by atoms with Gasteiger partial charge in [-0.05, 0) is 31.5 Å². The van der Waals surface area contributed by atoms with Crippen LogP contribution in [0.25, 0.3) is 0 Å². The fourth-order valence-corrected chi connectivity index (χ4v) is 2.06. The minimum absolute atomic E-state index is 0.332. The molecule has 0 atom stereocenters. The van der Waals surface area contributed by atoms with Gasteiger partial charge in [-0.2, -0.15) is 0 Å². The molecule has 17 heavy (non-hydrogen) atoms. The van der Waals surface area contributed by atoms with Crippen LogP contribution >= 0.6 is 0 Å². The Morgan fingerprint density at radius 1 is 0.824 bits per heavy atom. The molecule has 90 valence electrons. The van der Waals surface area contributed by atoms with Crippen molar-refractivity contribution in [1.82, 2.24) is 0 Å². The van der Waals surface area contributed by atoms with Crippen LogP contribution in [0.1, 0.15) is 25.3 Å². The number of methoxy groups -OCH3 is 2. The Hall–Kier alpha value is -1.70. The zero-order chi connectivity index (χ0) is 12.4. The van der Waals surface area contributed by atoms with Crippen LogP contribution in [0.4, 0.5) is 0 Å². The van der Waals surface area contributed by atoms with Crippen molar-refractivity contribution < 1.29 is 9.47 Å². The van der Waals surface area contributed by atoms with Gasteiger partial charge in [0.05, 0.1) is 14.2 Å². The summed E-state index contributed by atoms with van der Waals surface area (Å²) in [4.78, 5) is 0. The first kappa shape index (κ1) is 11.8. The molecule has 2 nitrogen and oxygen atoms in total. The summed E-state index contributed by atoms with van der Waals surface area (Å²) < 4.78 is 10.6. The van der Waals surface area contributed by atoms with Crippen LogP contribution < -0.4 is 9.47 Å². The molecule has 2 heteroatoms. The molecule has 1 aliphatic rings. The van der Waals surface area contributed by atoms with Crippen molar-refractivity contribution in [2.24, 2.45) is 0 Å². The molecule has 0 spiro atoms. The third-order valence-electron chi connectivity index (χ3n) is 3.24. The number of hydrogen-bond acceptors (Lipinski definition) is 2. The van der Waals surface area contributed by atoms with Gasteiger partial charge in [-0.1, -0.05) is 23.3 Å². The first-order chi connectivity index (χ1) is 8.13. The van der Waals surface area contributed by atoms with Crippen LogP contribution in [0.5, 0.6) is 11.5 Å². The van der Waals surface area contributed by atoms with E-state index in [2.05, 4.69) is 38.1 Å². The fourth-order valence-electron chi connectivity index (χ4n) is 2.06. The quantitative estimate of drug-likeness (QED) is 0.788. The van der Waals surface area contributed by atoms with Crippen molar-refractivity contribution >= 4 is 0 Å². The minimum atomic E-state index is 0.332. The van der Waals surface area contributed by atoms with Gasteiger partial charge in [-0.25, -0.2) is 0 Å². The van der Waals surface area contributed by atoms with E-state index in [9.17, 15) is 0 Å². The van der Waals surface area contributed by atoms with Crippen molar-refractivity contribution in [3.63, 3.8) is 0 Å². The molecule has 0 aliphatic heterocycles. The van der Waals surface area contributed by atoms with E-state index in [1.807, 2.05) is 6.07 Å². The number of ether oxygens (including phenoxy) is 2. The van der Waals surface area contributed by atoms with Crippen LogP contribution in [0, 0.1) is 0 Å². The van der Waals surface area contributed by atoms with Gasteiger partial charge in [-0.15, -0.1) is 0 Å². The van der Waals surface area contributed by atoms with Crippen LogP contribution in [-0.4, -0.2) is 14.2 Å². The monoisotopic (exact) mass is 230 g/mol.